The van der Waals surface area contributed by atoms with Crippen LogP contribution in [0.4, 0.5) is 5.69 Å². The number of nitrogens with zero attached hydrogens (tertiary/aromatic N) is 3. The molecule has 0 saturated carbocycles. The van der Waals surface area contributed by atoms with Crippen LogP contribution < -0.4 is 5.73 Å². The van der Waals surface area contributed by atoms with E-state index >= 15 is 0 Å². The number of rotatable bonds is 4. The minimum absolute atomic E-state index is 0.0447. The van der Waals surface area contributed by atoms with Crippen molar-refractivity contribution in [3.05, 3.63) is 42.2 Å². The van der Waals surface area contributed by atoms with Gasteiger partial charge < -0.3 is 10.6 Å². The van der Waals surface area contributed by atoms with Crippen molar-refractivity contribution in [3.63, 3.8) is 0 Å². The Morgan fingerprint density at radius 2 is 1.95 bits per heavy atom. The minimum atomic E-state index is -0.0447. The molecule has 0 saturated heterocycles. The van der Waals surface area contributed by atoms with Crippen molar-refractivity contribution < 1.29 is 4.79 Å². The summed E-state index contributed by atoms with van der Waals surface area (Å²) in [6, 6.07) is 9.27. The quantitative estimate of drug-likeness (QED) is 0.869. The molecule has 0 aliphatic rings. The van der Waals surface area contributed by atoms with E-state index in [0.29, 0.717) is 17.9 Å². The number of amides is 1. The molecule has 20 heavy (non-hydrogen) atoms. The van der Waals surface area contributed by atoms with E-state index in [4.69, 9.17) is 5.73 Å². The van der Waals surface area contributed by atoms with Gasteiger partial charge in [0.1, 0.15) is 0 Å². The fourth-order valence-corrected chi connectivity index (χ4v) is 2.10. The lowest BCUT2D eigenvalue weighted by Crippen LogP contribution is -2.36. The van der Waals surface area contributed by atoms with Gasteiger partial charge in [-0.05, 0) is 51.1 Å². The zero-order valence-electron chi connectivity index (χ0n) is 12.1. The van der Waals surface area contributed by atoms with Gasteiger partial charge in [-0.15, -0.1) is 0 Å². The van der Waals surface area contributed by atoms with Gasteiger partial charge in [0.15, 0.2) is 5.69 Å². The number of nitrogens with two attached hydrogens (primary N) is 1. The lowest BCUT2D eigenvalue weighted by molar-refractivity contribution is 0.0710. The monoisotopic (exact) mass is 272 g/mol. The number of aromatic nitrogens is 2. The van der Waals surface area contributed by atoms with E-state index in [1.165, 1.54) is 0 Å². The van der Waals surface area contributed by atoms with E-state index in [2.05, 4.69) is 5.10 Å². The highest BCUT2D eigenvalue weighted by atomic mass is 16.2. The predicted molar refractivity (Wildman–Crippen MR) is 79.8 cm³/mol. The lowest BCUT2D eigenvalue weighted by atomic mass is 10.3. The Kier molecular flexibility index (Phi) is 4.08. The summed E-state index contributed by atoms with van der Waals surface area (Å²) in [5.74, 6) is -0.0447. The fraction of sp³-hybridized carbons (Fsp3) is 0.333. The molecule has 2 N–H and O–H groups in total. The first-order chi connectivity index (χ1) is 9.52. The van der Waals surface area contributed by atoms with Crippen molar-refractivity contribution in [1.29, 1.82) is 0 Å². The molecule has 106 valence electrons. The van der Waals surface area contributed by atoms with Crippen LogP contribution in [0, 0.1) is 0 Å². The van der Waals surface area contributed by atoms with Crippen molar-refractivity contribution in [1.82, 2.24) is 14.7 Å². The van der Waals surface area contributed by atoms with Crippen LogP contribution in [-0.4, -0.2) is 33.2 Å². The third kappa shape index (κ3) is 2.82. The molecule has 1 amide bonds. The second kappa shape index (κ2) is 5.77. The van der Waals surface area contributed by atoms with Crippen LogP contribution in [0.15, 0.2) is 36.5 Å². The van der Waals surface area contributed by atoms with Gasteiger partial charge in [0, 0.05) is 24.5 Å². The normalized spacial score (nSPS) is 10.8. The maximum Gasteiger partial charge on any atom is 0.274 e. The maximum atomic E-state index is 12.3. The highest BCUT2D eigenvalue weighted by Gasteiger charge is 2.19. The van der Waals surface area contributed by atoms with Crippen molar-refractivity contribution >= 4 is 11.6 Å². The van der Waals surface area contributed by atoms with Gasteiger partial charge in [0.25, 0.3) is 5.91 Å². The summed E-state index contributed by atoms with van der Waals surface area (Å²) < 4.78 is 1.68. The van der Waals surface area contributed by atoms with E-state index in [1.807, 2.05) is 45.0 Å². The Hall–Kier alpha value is -2.30. The van der Waals surface area contributed by atoms with Crippen molar-refractivity contribution in [2.45, 2.75) is 26.8 Å². The molecule has 1 heterocycles. The number of nitrogen functional groups attached to an aromatic ring is 1. The molecule has 5 heteroatoms. The Morgan fingerprint density at radius 1 is 1.30 bits per heavy atom. The summed E-state index contributed by atoms with van der Waals surface area (Å²) in [5, 5.41) is 4.35. The summed E-state index contributed by atoms with van der Waals surface area (Å²) in [4.78, 5) is 14.1. The average molecular weight is 272 g/mol. The molecule has 1 aromatic carbocycles. The molecule has 2 rings (SSSR count). The standard InChI is InChI=1S/C15H20N4O/c1-4-18(11(2)3)15(20)14-9-10-19(17-14)13-7-5-12(16)6-8-13/h5-11H,4,16H2,1-3H3. The van der Waals surface area contributed by atoms with Crippen LogP contribution in [-0.2, 0) is 0 Å². The molecule has 0 fully saturated rings. The molecule has 1 aromatic heterocycles. The lowest BCUT2D eigenvalue weighted by Gasteiger charge is -2.24. The molecule has 2 aromatic rings. The average Bonchev–Trinajstić information content (AvgIpc) is 2.89. The van der Waals surface area contributed by atoms with E-state index in [9.17, 15) is 4.79 Å². The second-order valence-corrected chi connectivity index (χ2v) is 4.92. The number of carbonyl (C=O) groups is 1. The molecule has 0 aliphatic heterocycles. The number of benzene rings is 1. The summed E-state index contributed by atoms with van der Waals surface area (Å²) in [6.45, 7) is 6.64. The summed E-state index contributed by atoms with van der Waals surface area (Å²) in [7, 11) is 0. The molecule has 5 nitrogen and oxygen atoms in total. The van der Waals surface area contributed by atoms with Gasteiger partial charge in [0.05, 0.1) is 5.69 Å². The fourth-order valence-electron chi connectivity index (χ4n) is 2.10. The van der Waals surface area contributed by atoms with Crippen LogP contribution in [0.1, 0.15) is 31.3 Å². The van der Waals surface area contributed by atoms with Crippen LogP contribution in [0.3, 0.4) is 0 Å². The Bertz CT molecular complexity index is 586. The van der Waals surface area contributed by atoms with Crippen LogP contribution >= 0.6 is 0 Å². The van der Waals surface area contributed by atoms with E-state index < -0.39 is 0 Å². The van der Waals surface area contributed by atoms with Crippen molar-refractivity contribution in [2.24, 2.45) is 0 Å². The topological polar surface area (TPSA) is 64.2 Å². The zero-order valence-corrected chi connectivity index (χ0v) is 12.1. The number of hydrogen-bond donors (Lipinski definition) is 1. The van der Waals surface area contributed by atoms with Crippen molar-refractivity contribution in [3.8, 4) is 5.69 Å². The minimum Gasteiger partial charge on any atom is -0.399 e. The predicted octanol–water partition coefficient (Wildman–Crippen LogP) is 2.33. The molecular weight excluding hydrogens is 252 g/mol. The van der Waals surface area contributed by atoms with Crippen LogP contribution in [0.5, 0.6) is 0 Å². The first-order valence-electron chi connectivity index (χ1n) is 6.75. The van der Waals surface area contributed by atoms with E-state index in [0.717, 1.165) is 5.69 Å². The molecule has 0 radical (unpaired) electrons. The largest absolute Gasteiger partial charge is 0.399 e. The maximum absolute atomic E-state index is 12.3. The summed E-state index contributed by atoms with van der Waals surface area (Å²) in [5.41, 5.74) is 7.70. The van der Waals surface area contributed by atoms with Crippen LogP contribution in [0.25, 0.3) is 5.69 Å². The van der Waals surface area contributed by atoms with Gasteiger partial charge in [-0.2, -0.15) is 5.10 Å². The molecule has 0 atom stereocenters. The van der Waals surface area contributed by atoms with Gasteiger partial charge in [-0.1, -0.05) is 0 Å². The van der Waals surface area contributed by atoms with E-state index in [1.54, 1.807) is 21.8 Å². The SMILES string of the molecule is CCN(C(=O)c1ccn(-c2ccc(N)cc2)n1)C(C)C. The first kappa shape index (κ1) is 14.1. The molecule has 0 bridgehead atoms. The Balaban J connectivity index is 2.24. The molecule has 0 aliphatic carbocycles. The second-order valence-electron chi connectivity index (χ2n) is 4.92. The van der Waals surface area contributed by atoms with Gasteiger partial charge in [0.2, 0.25) is 0 Å². The third-order valence-corrected chi connectivity index (χ3v) is 3.19. The highest BCUT2D eigenvalue weighted by Crippen LogP contribution is 2.12. The highest BCUT2D eigenvalue weighted by molar-refractivity contribution is 5.92. The Labute approximate surface area is 119 Å². The smallest absolute Gasteiger partial charge is 0.274 e. The Morgan fingerprint density at radius 3 is 2.50 bits per heavy atom. The zero-order chi connectivity index (χ0) is 14.7. The van der Waals surface area contributed by atoms with Gasteiger partial charge in [-0.25, -0.2) is 4.68 Å². The number of hydrogen-bond acceptors (Lipinski definition) is 3. The van der Waals surface area contributed by atoms with Crippen molar-refractivity contribution in [2.75, 3.05) is 12.3 Å². The molecular formula is C15H20N4O. The summed E-state index contributed by atoms with van der Waals surface area (Å²) in [6.07, 6.45) is 1.78. The summed E-state index contributed by atoms with van der Waals surface area (Å²) >= 11 is 0. The van der Waals surface area contributed by atoms with Gasteiger partial charge in [-0.3, -0.25) is 4.79 Å². The first-order valence-corrected chi connectivity index (χ1v) is 6.75. The number of carbonyl (C=O) groups excluding carboxylic acids is 1. The molecule has 0 spiro atoms. The van der Waals surface area contributed by atoms with Gasteiger partial charge >= 0.3 is 0 Å². The van der Waals surface area contributed by atoms with E-state index in [-0.39, 0.29) is 11.9 Å². The number of anilines is 1. The third-order valence-electron chi connectivity index (χ3n) is 3.19. The molecule has 0 unspecified atom stereocenters. The van der Waals surface area contributed by atoms with Crippen LogP contribution in [0.2, 0.25) is 0 Å².